The number of fused-ring (bicyclic) bond motifs is 3. The molecule has 9 heteroatoms. The molecule has 3 aromatic rings. The van der Waals surface area contributed by atoms with Crippen molar-refractivity contribution in [1.29, 1.82) is 0 Å². The average molecular weight is 479 g/mol. The Hall–Kier alpha value is -4.11. The van der Waals surface area contributed by atoms with Gasteiger partial charge in [-0.1, -0.05) is 48.5 Å². The zero-order valence-corrected chi connectivity index (χ0v) is 19.0. The minimum Gasteiger partial charge on any atom is -0.475 e. The lowest BCUT2D eigenvalue weighted by Gasteiger charge is -2.14. The van der Waals surface area contributed by atoms with Gasteiger partial charge in [-0.2, -0.15) is 0 Å². The Morgan fingerprint density at radius 2 is 1.57 bits per heavy atom. The molecule has 182 valence electrons. The molecule has 2 aromatic carbocycles. The van der Waals surface area contributed by atoms with Crippen LogP contribution < -0.4 is 10.6 Å². The fraction of sp³-hybridized carbons (Fsp3) is 0.269. The predicted molar refractivity (Wildman–Crippen MR) is 126 cm³/mol. The van der Waals surface area contributed by atoms with E-state index in [9.17, 15) is 14.4 Å². The summed E-state index contributed by atoms with van der Waals surface area (Å²) in [5.41, 5.74) is 4.64. The largest absolute Gasteiger partial charge is 0.475 e. The normalized spacial score (nSPS) is 12.0. The lowest BCUT2D eigenvalue weighted by Crippen LogP contribution is -2.29. The Labute approximate surface area is 202 Å². The maximum absolute atomic E-state index is 12.1. The van der Waals surface area contributed by atoms with Crippen molar-refractivity contribution in [3.63, 3.8) is 0 Å². The number of benzene rings is 2. The first-order chi connectivity index (χ1) is 17.0. The highest BCUT2D eigenvalue weighted by Gasteiger charge is 2.28. The monoisotopic (exact) mass is 478 g/mol. The van der Waals surface area contributed by atoms with Crippen molar-refractivity contribution >= 4 is 18.0 Å². The van der Waals surface area contributed by atoms with Crippen LogP contribution in [0, 0.1) is 0 Å². The van der Waals surface area contributed by atoms with Crippen LogP contribution in [0.1, 0.15) is 39.8 Å². The van der Waals surface area contributed by atoms with Crippen molar-refractivity contribution in [2.75, 3.05) is 26.4 Å². The molecule has 4 rings (SSSR count). The average Bonchev–Trinajstić information content (AvgIpc) is 3.47. The second kappa shape index (κ2) is 11.3. The van der Waals surface area contributed by atoms with Crippen LogP contribution in [0.15, 0.2) is 65.1 Å². The summed E-state index contributed by atoms with van der Waals surface area (Å²) in [5, 5.41) is 14.1. The van der Waals surface area contributed by atoms with Gasteiger partial charge in [0.1, 0.15) is 12.4 Å². The molecule has 3 N–H and O–H groups in total. The SMILES string of the molecule is O=C(CCOCCNC(=O)OCC1c2ccccc2-c2ccccc21)NCc1ccc(C(=O)O)o1. The van der Waals surface area contributed by atoms with Crippen LogP contribution in [0.2, 0.25) is 0 Å². The summed E-state index contributed by atoms with van der Waals surface area (Å²) < 4.78 is 15.9. The summed E-state index contributed by atoms with van der Waals surface area (Å²) in [7, 11) is 0. The molecule has 1 heterocycles. The molecule has 1 aliphatic rings. The van der Waals surface area contributed by atoms with Gasteiger partial charge in [0, 0.05) is 18.9 Å². The summed E-state index contributed by atoms with van der Waals surface area (Å²) in [4.78, 5) is 34.8. The van der Waals surface area contributed by atoms with E-state index in [-0.39, 0.29) is 56.9 Å². The van der Waals surface area contributed by atoms with E-state index >= 15 is 0 Å². The van der Waals surface area contributed by atoms with E-state index in [0.717, 1.165) is 11.1 Å². The first-order valence-corrected chi connectivity index (χ1v) is 11.3. The van der Waals surface area contributed by atoms with E-state index < -0.39 is 12.1 Å². The van der Waals surface area contributed by atoms with Gasteiger partial charge in [-0.05, 0) is 34.4 Å². The summed E-state index contributed by atoms with van der Waals surface area (Å²) in [5.74, 6) is -1.25. The van der Waals surface area contributed by atoms with Gasteiger partial charge in [0.05, 0.1) is 19.8 Å². The van der Waals surface area contributed by atoms with Crippen LogP contribution in [0.5, 0.6) is 0 Å². The van der Waals surface area contributed by atoms with Crippen molar-refractivity contribution in [2.24, 2.45) is 0 Å². The number of amides is 2. The number of hydrogen-bond donors (Lipinski definition) is 3. The van der Waals surface area contributed by atoms with Crippen LogP contribution >= 0.6 is 0 Å². The predicted octanol–water partition coefficient (Wildman–Crippen LogP) is 3.54. The molecule has 35 heavy (non-hydrogen) atoms. The van der Waals surface area contributed by atoms with Crippen molar-refractivity contribution in [3.8, 4) is 11.1 Å². The van der Waals surface area contributed by atoms with Gasteiger partial charge in [0.25, 0.3) is 0 Å². The fourth-order valence-corrected chi connectivity index (χ4v) is 4.00. The van der Waals surface area contributed by atoms with E-state index in [2.05, 4.69) is 34.9 Å². The lowest BCUT2D eigenvalue weighted by atomic mass is 9.98. The van der Waals surface area contributed by atoms with Crippen molar-refractivity contribution in [2.45, 2.75) is 18.9 Å². The molecule has 0 radical (unpaired) electrons. The van der Waals surface area contributed by atoms with Crippen molar-refractivity contribution < 1.29 is 33.4 Å². The summed E-state index contributed by atoms with van der Waals surface area (Å²) >= 11 is 0. The van der Waals surface area contributed by atoms with Gasteiger partial charge < -0.3 is 29.6 Å². The number of aromatic carboxylic acids is 1. The molecule has 1 aromatic heterocycles. The maximum atomic E-state index is 12.1. The molecule has 0 spiro atoms. The third-order valence-corrected chi connectivity index (χ3v) is 5.67. The fourth-order valence-electron chi connectivity index (χ4n) is 4.00. The van der Waals surface area contributed by atoms with Gasteiger partial charge in [-0.25, -0.2) is 9.59 Å². The van der Waals surface area contributed by atoms with E-state index in [0.29, 0.717) is 5.76 Å². The first kappa shape index (κ1) is 24.0. The van der Waals surface area contributed by atoms with E-state index in [1.807, 2.05) is 24.3 Å². The van der Waals surface area contributed by atoms with Crippen LogP contribution in [-0.4, -0.2) is 49.4 Å². The zero-order valence-electron chi connectivity index (χ0n) is 19.0. The quantitative estimate of drug-likeness (QED) is 0.360. The highest BCUT2D eigenvalue weighted by atomic mass is 16.5. The number of carboxylic acid groups (broad SMARTS) is 1. The van der Waals surface area contributed by atoms with Crippen LogP contribution in [-0.2, 0) is 20.8 Å². The molecule has 2 amide bonds. The number of carbonyl (C=O) groups is 3. The molecule has 0 saturated heterocycles. The Morgan fingerprint density at radius 3 is 2.23 bits per heavy atom. The third kappa shape index (κ3) is 6.07. The van der Waals surface area contributed by atoms with Crippen LogP contribution in [0.25, 0.3) is 11.1 Å². The summed E-state index contributed by atoms with van der Waals surface area (Å²) in [6, 6.07) is 19.1. The molecular weight excluding hydrogens is 452 g/mol. The van der Waals surface area contributed by atoms with Crippen molar-refractivity contribution in [3.05, 3.63) is 83.3 Å². The number of carbonyl (C=O) groups excluding carboxylic acids is 2. The lowest BCUT2D eigenvalue weighted by molar-refractivity contribution is -0.122. The summed E-state index contributed by atoms with van der Waals surface area (Å²) in [6.07, 6.45) is -0.398. The van der Waals surface area contributed by atoms with E-state index in [4.69, 9.17) is 19.0 Å². The molecule has 0 fully saturated rings. The van der Waals surface area contributed by atoms with Gasteiger partial charge in [0.15, 0.2) is 0 Å². The van der Waals surface area contributed by atoms with Crippen LogP contribution in [0.4, 0.5) is 4.79 Å². The molecule has 1 aliphatic carbocycles. The maximum Gasteiger partial charge on any atom is 0.407 e. The number of furan rings is 1. The number of hydrogen-bond acceptors (Lipinski definition) is 6. The van der Waals surface area contributed by atoms with Gasteiger partial charge in [-0.3, -0.25) is 4.79 Å². The highest BCUT2D eigenvalue weighted by Crippen LogP contribution is 2.44. The molecular formula is C26H26N2O7. The first-order valence-electron chi connectivity index (χ1n) is 11.3. The number of alkyl carbamates (subject to hydrolysis) is 1. The Kier molecular flexibility index (Phi) is 7.79. The molecule has 0 atom stereocenters. The molecule has 0 unspecified atom stereocenters. The number of rotatable bonds is 11. The zero-order chi connectivity index (χ0) is 24.6. The van der Waals surface area contributed by atoms with Gasteiger partial charge >= 0.3 is 12.1 Å². The Balaban J connectivity index is 1.10. The minimum atomic E-state index is -1.16. The second-order valence-corrected chi connectivity index (χ2v) is 7.96. The molecule has 9 nitrogen and oxygen atoms in total. The standard InChI is InChI=1S/C26H26N2O7/c29-24(28-15-17-9-10-23(35-17)25(30)31)11-13-33-14-12-27-26(32)34-16-22-20-7-3-1-5-18(20)19-6-2-4-8-21(19)22/h1-10,22H,11-16H2,(H,27,32)(H,28,29)(H,30,31). The molecule has 0 aliphatic heterocycles. The highest BCUT2D eigenvalue weighted by molar-refractivity contribution is 5.84. The summed E-state index contributed by atoms with van der Waals surface area (Å²) in [6.45, 7) is 0.997. The minimum absolute atomic E-state index is 0.000180. The second-order valence-electron chi connectivity index (χ2n) is 7.96. The third-order valence-electron chi connectivity index (χ3n) is 5.67. The number of carboxylic acids is 1. The topological polar surface area (TPSA) is 127 Å². The van der Waals surface area contributed by atoms with Crippen molar-refractivity contribution in [1.82, 2.24) is 10.6 Å². The number of nitrogens with one attached hydrogen (secondary N) is 2. The van der Waals surface area contributed by atoms with Gasteiger partial charge in [0.2, 0.25) is 11.7 Å². The molecule has 0 saturated carbocycles. The smallest absolute Gasteiger partial charge is 0.407 e. The Morgan fingerprint density at radius 1 is 0.886 bits per heavy atom. The number of ether oxygens (including phenoxy) is 2. The van der Waals surface area contributed by atoms with E-state index in [1.54, 1.807) is 0 Å². The molecule has 0 bridgehead atoms. The van der Waals surface area contributed by atoms with Gasteiger partial charge in [-0.15, -0.1) is 0 Å². The van der Waals surface area contributed by atoms with E-state index in [1.165, 1.54) is 23.3 Å². The van der Waals surface area contributed by atoms with Crippen LogP contribution in [0.3, 0.4) is 0 Å². The Bertz CT molecular complexity index is 1160.